The molecule has 38 heavy (non-hydrogen) atoms. The third-order valence-electron chi connectivity index (χ3n) is 5.56. The minimum atomic E-state index is -0.836. The van der Waals surface area contributed by atoms with Gasteiger partial charge < -0.3 is 14.4 Å². The summed E-state index contributed by atoms with van der Waals surface area (Å²) in [6.45, 7) is 2.36. The lowest BCUT2D eigenvalue weighted by Crippen LogP contribution is -2.39. The quantitative estimate of drug-likeness (QED) is 0.195. The Kier molecular flexibility index (Phi) is 7.32. The number of anilines is 1. The largest absolute Gasteiger partial charge is 0.539 e. The summed E-state index contributed by atoms with van der Waals surface area (Å²) in [5.41, 5.74) is 1.82. The second-order valence-electron chi connectivity index (χ2n) is 8.04. The predicted octanol–water partition coefficient (Wildman–Crippen LogP) is 3.78. The SMILES string of the molecule is CCOc1ccccc1/C=C1/N=C(SCC(=O)c2c([O-])on[n+]2-c2ccccc2)N(c2ccccc2)C1=O. The van der Waals surface area contributed by atoms with Gasteiger partial charge in [0.05, 0.1) is 23.3 Å². The second-order valence-corrected chi connectivity index (χ2v) is 8.98. The number of para-hydroxylation sites is 3. The van der Waals surface area contributed by atoms with Crippen molar-refractivity contribution in [1.82, 2.24) is 5.27 Å². The van der Waals surface area contributed by atoms with E-state index in [1.165, 1.54) is 9.58 Å². The van der Waals surface area contributed by atoms with Gasteiger partial charge in [0.15, 0.2) is 11.1 Å². The lowest BCUT2D eigenvalue weighted by molar-refractivity contribution is -0.672. The number of amidine groups is 1. The van der Waals surface area contributed by atoms with E-state index < -0.39 is 11.7 Å². The van der Waals surface area contributed by atoms with Gasteiger partial charge in [0.1, 0.15) is 11.4 Å². The Morgan fingerprint density at radius 2 is 1.74 bits per heavy atom. The zero-order valence-electron chi connectivity index (χ0n) is 20.3. The Hall–Kier alpha value is -4.70. The topological polar surface area (TPSA) is 112 Å². The Morgan fingerprint density at radius 1 is 1.05 bits per heavy atom. The second kappa shape index (κ2) is 11.1. The summed E-state index contributed by atoms with van der Waals surface area (Å²) in [7, 11) is 0. The van der Waals surface area contributed by atoms with E-state index in [1.54, 1.807) is 42.5 Å². The molecule has 0 aliphatic carbocycles. The molecule has 0 saturated carbocycles. The van der Waals surface area contributed by atoms with Crippen LogP contribution < -0.4 is 19.4 Å². The van der Waals surface area contributed by atoms with Gasteiger partial charge in [0.25, 0.3) is 5.91 Å². The van der Waals surface area contributed by atoms with E-state index in [4.69, 9.17) is 9.26 Å². The van der Waals surface area contributed by atoms with Gasteiger partial charge in [-0.05, 0) is 35.9 Å². The summed E-state index contributed by atoms with van der Waals surface area (Å²) >= 11 is 1.05. The maximum absolute atomic E-state index is 13.5. The lowest BCUT2D eigenvalue weighted by atomic mass is 10.1. The smallest absolute Gasteiger partial charge is 0.307 e. The minimum Gasteiger partial charge on any atom is -0.539 e. The molecule has 0 saturated heterocycles. The number of carbonyl (C=O) groups excluding carboxylic acids is 2. The Balaban J connectivity index is 1.45. The first kappa shape index (κ1) is 25.0. The van der Waals surface area contributed by atoms with Crippen molar-refractivity contribution in [2.75, 3.05) is 17.3 Å². The van der Waals surface area contributed by atoms with Crippen molar-refractivity contribution in [1.29, 1.82) is 0 Å². The molecular weight excluding hydrogens is 504 g/mol. The molecule has 0 atom stereocenters. The summed E-state index contributed by atoms with van der Waals surface area (Å²) in [5.74, 6) is -1.22. The van der Waals surface area contributed by atoms with Crippen LogP contribution in [-0.4, -0.2) is 34.5 Å². The Morgan fingerprint density at radius 3 is 2.47 bits per heavy atom. The Bertz CT molecular complexity index is 1530. The fraction of sp³-hybridized carbons (Fsp3) is 0.107. The summed E-state index contributed by atoms with van der Waals surface area (Å²) in [6.07, 6.45) is 1.66. The maximum Gasteiger partial charge on any atom is 0.307 e. The van der Waals surface area contributed by atoms with Crippen LogP contribution in [0.2, 0.25) is 0 Å². The standard InChI is InChI=1S/C28H22N4O5S/c1-2-36-24-16-10-9-11-19(24)17-22-26(34)31(20-12-5-3-6-13-20)28(29-22)38-18-23(33)25-27(35)37-30-32(25)21-14-7-4-8-15-21/h3-17H,2,18H2,1H3/b22-17+. The van der Waals surface area contributed by atoms with Crippen molar-refractivity contribution < 1.29 is 28.6 Å². The molecule has 2 heterocycles. The first-order valence-corrected chi connectivity index (χ1v) is 12.8. The van der Waals surface area contributed by atoms with Gasteiger partial charge in [-0.1, -0.05) is 66.4 Å². The number of Topliss-reactive ketones (excluding diaryl/α,β-unsaturated/α-hetero) is 1. The molecule has 190 valence electrons. The number of hydrogen-bond acceptors (Lipinski definition) is 8. The summed E-state index contributed by atoms with van der Waals surface area (Å²) in [6, 6.07) is 25.2. The van der Waals surface area contributed by atoms with E-state index in [2.05, 4.69) is 10.3 Å². The maximum atomic E-state index is 13.5. The molecule has 1 aliphatic rings. The van der Waals surface area contributed by atoms with Gasteiger partial charge in [-0.3, -0.25) is 14.5 Å². The van der Waals surface area contributed by atoms with Crippen molar-refractivity contribution in [3.8, 4) is 17.4 Å². The van der Waals surface area contributed by atoms with Crippen molar-refractivity contribution in [3.05, 3.63) is 102 Å². The highest BCUT2D eigenvalue weighted by molar-refractivity contribution is 8.14. The molecule has 0 spiro atoms. The summed E-state index contributed by atoms with van der Waals surface area (Å²) in [5, 5.41) is 16.4. The minimum absolute atomic E-state index is 0.165. The lowest BCUT2D eigenvalue weighted by Gasteiger charge is -2.17. The van der Waals surface area contributed by atoms with Crippen LogP contribution in [-0.2, 0) is 4.79 Å². The molecule has 1 aromatic heterocycles. The molecule has 1 aliphatic heterocycles. The van der Waals surface area contributed by atoms with Crippen molar-refractivity contribution >= 4 is 40.4 Å². The highest BCUT2D eigenvalue weighted by atomic mass is 32.2. The van der Waals surface area contributed by atoms with Crippen LogP contribution in [0.4, 0.5) is 5.69 Å². The molecule has 9 nitrogen and oxygen atoms in total. The number of rotatable bonds is 8. The van der Waals surface area contributed by atoms with Gasteiger partial charge in [-0.2, -0.15) is 0 Å². The van der Waals surface area contributed by atoms with Gasteiger partial charge in [-0.15, -0.1) is 0 Å². The molecule has 0 fully saturated rings. The van der Waals surface area contributed by atoms with Gasteiger partial charge >= 0.3 is 5.69 Å². The average Bonchev–Trinajstić information content (AvgIpc) is 3.48. The van der Waals surface area contributed by atoms with E-state index in [0.29, 0.717) is 34.5 Å². The number of ether oxygens (including phenoxy) is 1. The van der Waals surface area contributed by atoms with Crippen LogP contribution in [0.3, 0.4) is 0 Å². The molecule has 0 N–H and O–H groups in total. The summed E-state index contributed by atoms with van der Waals surface area (Å²) in [4.78, 5) is 32.7. The number of aliphatic imine (C=N–C) groups is 1. The van der Waals surface area contributed by atoms with Gasteiger partial charge in [-0.25, -0.2) is 4.99 Å². The fourth-order valence-electron chi connectivity index (χ4n) is 3.86. The monoisotopic (exact) mass is 526 g/mol. The average molecular weight is 527 g/mol. The number of ketones is 1. The molecule has 10 heteroatoms. The molecule has 1 amide bonds. The van der Waals surface area contributed by atoms with Gasteiger partial charge in [0, 0.05) is 17.7 Å². The van der Waals surface area contributed by atoms with Crippen LogP contribution >= 0.6 is 11.8 Å². The number of carbonyl (C=O) groups is 2. The molecule has 5 rings (SSSR count). The van der Waals surface area contributed by atoms with Crippen LogP contribution in [0.5, 0.6) is 11.7 Å². The van der Waals surface area contributed by atoms with E-state index in [-0.39, 0.29) is 23.1 Å². The van der Waals surface area contributed by atoms with E-state index in [0.717, 1.165) is 11.8 Å². The normalized spacial score (nSPS) is 14.1. The number of thioether (sulfide) groups is 1. The molecule has 3 aromatic carbocycles. The van der Waals surface area contributed by atoms with Crippen LogP contribution in [0.1, 0.15) is 23.0 Å². The predicted molar refractivity (Wildman–Crippen MR) is 141 cm³/mol. The number of aromatic nitrogens is 2. The summed E-state index contributed by atoms with van der Waals surface area (Å²) < 4.78 is 11.6. The van der Waals surface area contributed by atoms with E-state index in [1.807, 2.05) is 55.5 Å². The van der Waals surface area contributed by atoms with E-state index in [9.17, 15) is 14.7 Å². The highest BCUT2D eigenvalue weighted by Crippen LogP contribution is 2.31. The zero-order chi connectivity index (χ0) is 26.5. The van der Waals surface area contributed by atoms with Crippen molar-refractivity contribution in [2.45, 2.75) is 6.92 Å². The van der Waals surface area contributed by atoms with Crippen molar-refractivity contribution in [3.63, 3.8) is 0 Å². The van der Waals surface area contributed by atoms with Crippen LogP contribution in [0, 0.1) is 0 Å². The highest BCUT2D eigenvalue weighted by Gasteiger charge is 2.34. The third kappa shape index (κ3) is 5.07. The first-order chi connectivity index (χ1) is 18.6. The number of amides is 1. The zero-order valence-corrected chi connectivity index (χ0v) is 21.1. The molecule has 0 bridgehead atoms. The molecular formula is C28H22N4O5S. The number of nitrogens with zero attached hydrogens (tertiary/aromatic N) is 4. The Labute approximate surface area is 222 Å². The van der Waals surface area contributed by atoms with Gasteiger partial charge in [0.2, 0.25) is 11.5 Å². The first-order valence-electron chi connectivity index (χ1n) is 11.8. The van der Waals surface area contributed by atoms with Crippen LogP contribution in [0.25, 0.3) is 11.8 Å². The van der Waals surface area contributed by atoms with E-state index >= 15 is 0 Å². The molecule has 4 aromatic rings. The number of benzene rings is 3. The third-order valence-corrected chi connectivity index (χ3v) is 6.50. The van der Waals surface area contributed by atoms with Crippen LogP contribution in [0.15, 0.2) is 100 Å². The molecule has 0 unspecified atom stereocenters. The molecule has 0 radical (unpaired) electrons. The number of hydrogen-bond donors (Lipinski definition) is 0. The van der Waals surface area contributed by atoms with Crippen molar-refractivity contribution in [2.24, 2.45) is 4.99 Å². The fourth-order valence-corrected chi connectivity index (χ4v) is 4.73.